The number of nitrogens with zero attached hydrogens (tertiary/aromatic N) is 1. The molecule has 2 unspecified atom stereocenters. The average molecular weight is 283 g/mol. The van der Waals surface area contributed by atoms with Gasteiger partial charge in [-0.25, -0.2) is 0 Å². The van der Waals surface area contributed by atoms with Crippen LogP contribution in [0.15, 0.2) is 0 Å². The largest absolute Gasteiger partial charge is 0.368 e. The van der Waals surface area contributed by atoms with E-state index < -0.39 is 6.04 Å². The molecule has 1 aliphatic heterocycles. The third-order valence-electron chi connectivity index (χ3n) is 3.22. The molecule has 0 bridgehead atoms. The number of rotatable bonds is 6. The minimum absolute atomic E-state index is 0.0359. The Morgan fingerprint density at radius 1 is 1.45 bits per heavy atom. The zero-order chi connectivity index (χ0) is 15.3. The van der Waals surface area contributed by atoms with Crippen molar-refractivity contribution in [2.24, 2.45) is 5.41 Å². The van der Waals surface area contributed by atoms with Gasteiger partial charge in [0, 0.05) is 6.54 Å². The molecule has 1 aliphatic rings. The smallest absolute Gasteiger partial charge is 0.224 e. The molecule has 1 heterocycles. The second kappa shape index (κ2) is 7.18. The van der Waals surface area contributed by atoms with Gasteiger partial charge in [-0.15, -0.1) is 0 Å². The van der Waals surface area contributed by atoms with Gasteiger partial charge in [-0.3, -0.25) is 9.59 Å². The Bertz CT molecular complexity index is 348. The van der Waals surface area contributed by atoms with E-state index in [0.29, 0.717) is 6.42 Å². The van der Waals surface area contributed by atoms with Crippen LogP contribution in [-0.2, 0) is 14.3 Å². The van der Waals surface area contributed by atoms with Crippen LogP contribution >= 0.6 is 0 Å². The Kier molecular flexibility index (Phi) is 6.14. The van der Waals surface area contributed by atoms with Crippen molar-refractivity contribution in [2.45, 2.75) is 45.8 Å². The van der Waals surface area contributed by atoms with E-state index in [-0.39, 0.29) is 29.8 Å². The number of nitrogens with one attached hydrogen (secondary N) is 1. The van der Waals surface area contributed by atoms with Crippen LogP contribution in [0.25, 0.3) is 0 Å². The topological polar surface area (TPSA) is 58.6 Å². The van der Waals surface area contributed by atoms with Crippen molar-refractivity contribution in [3.8, 4) is 0 Å². The van der Waals surface area contributed by atoms with Crippen molar-refractivity contribution < 1.29 is 14.3 Å². The number of hydrogen-bond acceptors (Lipinski definition) is 4. The highest BCUT2D eigenvalue weighted by Gasteiger charge is 2.36. The second-order valence-electron chi connectivity index (χ2n) is 6.86. The Balaban J connectivity index is 2.45. The monoisotopic (exact) mass is 283 g/mol. The van der Waals surface area contributed by atoms with Crippen molar-refractivity contribution in [1.29, 1.82) is 0 Å². The molecule has 1 saturated heterocycles. The first-order valence-corrected chi connectivity index (χ1v) is 7.12. The standard InChI is InChI=1S/C15H27N2O3/c1-15(2,3)8-6-13(19)16-14-11(18)10-20-12(14)7-9-17(4)5/h6,12,14H,7-10H2,1-5H3,(H,16,19). The van der Waals surface area contributed by atoms with Gasteiger partial charge in [0.25, 0.3) is 0 Å². The third-order valence-corrected chi connectivity index (χ3v) is 3.22. The molecule has 20 heavy (non-hydrogen) atoms. The third kappa shape index (κ3) is 6.01. The fraction of sp³-hybridized carbons (Fsp3) is 0.800. The molecule has 5 heteroatoms. The fourth-order valence-electron chi connectivity index (χ4n) is 2.00. The summed E-state index contributed by atoms with van der Waals surface area (Å²) in [5, 5.41) is 2.79. The van der Waals surface area contributed by atoms with Crippen molar-refractivity contribution in [3.63, 3.8) is 0 Å². The zero-order valence-corrected chi connectivity index (χ0v) is 13.2. The summed E-state index contributed by atoms with van der Waals surface area (Å²) < 4.78 is 5.47. The van der Waals surface area contributed by atoms with Crippen LogP contribution in [0.4, 0.5) is 0 Å². The number of ether oxygens (including phenoxy) is 1. The molecule has 1 amide bonds. The molecule has 1 N–H and O–H groups in total. The van der Waals surface area contributed by atoms with Gasteiger partial charge in [0.15, 0.2) is 5.78 Å². The highest BCUT2D eigenvalue weighted by Crippen LogP contribution is 2.20. The van der Waals surface area contributed by atoms with Crippen molar-refractivity contribution >= 4 is 11.7 Å². The minimum atomic E-state index is -0.501. The average Bonchev–Trinajstić information content (AvgIpc) is 2.65. The first-order valence-electron chi connectivity index (χ1n) is 7.12. The lowest BCUT2D eigenvalue weighted by atomic mass is 9.90. The predicted molar refractivity (Wildman–Crippen MR) is 78.2 cm³/mol. The summed E-state index contributed by atoms with van der Waals surface area (Å²) in [5.41, 5.74) is 0.0673. The van der Waals surface area contributed by atoms with Crippen molar-refractivity contribution in [2.75, 3.05) is 27.2 Å². The van der Waals surface area contributed by atoms with Gasteiger partial charge in [-0.1, -0.05) is 20.8 Å². The maximum absolute atomic E-state index is 11.9. The van der Waals surface area contributed by atoms with Crippen LogP contribution in [0.1, 0.15) is 33.6 Å². The predicted octanol–water partition coefficient (Wildman–Crippen LogP) is 1.03. The van der Waals surface area contributed by atoms with E-state index in [2.05, 4.69) is 26.1 Å². The molecule has 115 valence electrons. The van der Waals surface area contributed by atoms with Crippen LogP contribution in [0.2, 0.25) is 0 Å². The van der Waals surface area contributed by atoms with Crippen molar-refractivity contribution in [3.05, 3.63) is 6.42 Å². The first kappa shape index (κ1) is 17.1. The first-order chi connectivity index (χ1) is 9.19. The number of carbonyl (C=O) groups is 2. The number of Topliss-reactive ketones (excluding diaryl/α,β-unsaturated/α-hetero) is 1. The summed E-state index contributed by atoms with van der Waals surface area (Å²) >= 11 is 0. The van der Waals surface area contributed by atoms with E-state index in [1.807, 2.05) is 19.0 Å². The lowest BCUT2D eigenvalue weighted by molar-refractivity contribution is -0.124. The summed E-state index contributed by atoms with van der Waals surface area (Å²) in [6.45, 7) is 7.14. The van der Waals surface area contributed by atoms with Crippen molar-refractivity contribution in [1.82, 2.24) is 10.2 Å². The van der Waals surface area contributed by atoms with Gasteiger partial charge in [0.1, 0.15) is 12.6 Å². The van der Waals surface area contributed by atoms with E-state index >= 15 is 0 Å². The Hall–Kier alpha value is -0.940. The molecular formula is C15H27N2O3. The van der Waals surface area contributed by atoms with Crippen LogP contribution in [-0.4, -0.2) is 56.0 Å². The van der Waals surface area contributed by atoms with Gasteiger partial charge in [0.2, 0.25) is 5.91 Å². The van der Waals surface area contributed by atoms with E-state index in [0.717, 1.165) is 13.0 Å². The van der Waals surface area contributed by atoms with E-state index in [4.69, 9.17) is 4.74 Å². The van der Waals surface area contributed by atoms with Crippen LogP contribution in [0.3, 0.4) is 0 Å². The molecule has 1 fully saturated rings. The Labute approximate surface area is 122 Å². The number of ketones is 1. The molecule has 0 spiro atoms. The Morgan fingerprint density at radius 3 is 2.65 bits per heavy atom. The molecule has 0 saturated carbocycles. The van der Waals surface area contributed by atoms with Gasteiger partial charge in [-0.05, 0) is 32.4 Å². The molecule has 1 radical (unpaired) electrons. The number of carbonyl (C=O) groups excluding carboxylic acids is 2. The van der Waals surface area contributed by atoms with Crippen LogP contribution in [0, 0.1) is 11.8 Å². The molecule has 0 aromatic heterocycles. The quantitative estimate of drug-likeness (QED) is 0.791. The summed E-state index contributed by atoms with van der Waals surface area (Å²) in [4.78, 5) is 25.7. The molecule has 1 rings (SSSR count). The van der Waals surface area contributed by atoms with Crippen LogP contribution < -0.4 is 5.32 Å². The number of amides is 1. The SMILES string of the molecule is CN(C)CCC1OCC(=O)C1NC(=O)[CH]CC(C)(C)C. The maximum atomic E-state index is 11.9. The summed E-state index contributed by atoms with van der Waals surface area (Å²) in [7, 11) is 3.95. The second-order valence-corrected chi connectivity index (χ2v) is 6.86. The minimum Gasteiger partial charge on any atom is -0.368 e. The molecule has 5 nitrogen and oxygen atoms in total. The highest BCUT2D eigenvalue weighted by molar-refractivity contribution is 5.94. The highest BCUT2D eigenvalue weighted by atomic mass is 16.5. The lowest BCUT2D eigenvalue weighted by Gasteiger charge is -2.21. The van der Waals surface area contributed by atoms with E-state index in [1.165, 1.54) is 0 Å². The van der Waals surface area contributed by atoms with Gasteiger partial charge in [-0.2, -0.15) is 0 Å². The van der Waals surface area contributed by atoms with E-state index in [1.54, 1.807) is 6.42 Å². The molecular weight excluding hydrogens is 256 g/mol. The van der Waals surface area contributed by atoms with Gasteiger partial charge in [0.05, 0.1) is 12.5 Å². The fourth-order valence-corrected chi connectivity index (χ4v) is 2.00. The van der Waals surface area contributed by atoms with Gasteiger partial charge < -0.3 is 15.0 Å². The van der Waals surface area contributed by atoms with Crippen LogP contribution in [0.5, 0.6) is 0 Å². The molecule has 0 aliphatic carbocycles. The maximum Gasteiger partial charge on any atom is 0.224 e. The molecule has 0 aromatic rings. The molecule has 2 atom stereocenters. The lowest BCUT2D eigenvalue weighted by Crippen LogP contribution is -2.45. The number of hydrogen-bond donors (Lipinski definition) is 1. The zero-order valence-electron chi connectivity index (χ0n) is 13.2. The normalized spacial score (nSPS) is 23.4. The van der Waals surface area contributed by atoms with Gasteiger partial charge >= 0.3 is 0 Å². The van der Waals surface area contributed by atoms with E-state index in [9.17, 15) is 9.59 Å². The summed E-state index contributed by atoms with van der Waals surface area (Å²) in [6.07, 6.45) is 2.83. The molecule has 0 aromatic carbocycles. The summed E-state index contributed by atoms with van der Waals surface area (Å²) in [5.74, 6) is -0.218. The Morgan fingerprint density at radius 2 is 2.10 bits per heavy atom. The summed E-state index contributed by atoms with van der Waals surface area (Å²) in [6, 6.07) is -0.501.